The van der Waals surface area contributed by atoms with Crippen LogP contribution < -0.4 is 4.43 Å². The van der Waals surface area contributed by atoms with Crippen molar-refractivity contribution in [2.45, 2.75) is 62.9 Å². The summed E-state index contributed by atoms with van der Waals surface area (Å²) in [6, 6.07) is 8.73. The van der Waals surface area contributed by atoms with Crippen LogP contribution in [0, 0.1) is 0 Å². The van der Waals surface area contributed by atoms with Crippen LogP contribution in [0.1, 0.15) is 53.5 Å². The first-order chi connectivity index (χ1) is 8.68. The lowest BCUT2D eigenvalue weighted by molar-refractivity contribution is 0.473. The first kappa shape index (κ1) is 16.7. The Labute approximate surface area is 122 Å². The van der Waals surface area contributed by atoms with E-state index in [1.165, 1.54) is 9.99 Å². The molecule has 0 spiro atoms. The molecule has 0 aliphatic rings. The third-order valence-corrected chi connectivity index (χ3v) is 8.33. The van der Waals surface area contributed by atoms with E-state index < -0.39 is 14.1 Å². The molecule has 1 aromatic carbocycles. The van der Waals surface area contributed by atoms with E-state index in [1.807, 2.05) is 0 Å². The molecule has 0 amide bonds. The van der Waals surface area contributed by atoms with E-state index in [1.54, 1.807) is 0 Å². The van der Waals surface area contributed by atoms with Crippen molar-refractivity contribution in [1.29, 1.82) is 0 Å². The maximum absolute atomic E-state index is 12.5. The van der Waals surface area contributed by atoms with Crippen molar-refractivity contribution in [2.75, 3.05) is 6.67 Å². The molecule has 0 saturated heterocycles. The molecule has 0 unspecified atom stereocenters. The Balaban J connectivity index is 3.23. The quantitative estimate of drug-likeness (QED) is 0.688. The highest BCUT2D eigenvalue weighted by atomic mass is 27.2. The number of benzene rings is 1. The highest BCUT2D eigenvalue weighted by molar-refractivity contribution is 6.78. The van der Waals surface area contributed by atoms with Gasteiger partial charge in [0.1, 0.15) is 0 Å². The van der Waals surface area contributed by atoms with Gasteiger partial charge in [0.25, 0.3) is 0 Å². The molecule has 0 aliphatic carbocycles. The van der Waals surface area contributed by atoms with E-state index in [0.29, 0.717) is 15.0 Å². The Bertz CT molecular complexity index is 384. The number of rotatable bonds is 4. The molecule has 1 aromatic rings. The molecule has 0 radical (unpaired) electrons. The predicted molar refractivity (Wildman–Crippen MR) is 85.6 cm³/mol. The third-order valence-electron chi connectivity index (χ3n) is 3.68. The van der Waals surface area contributed by atoms with Crippen LogP contribution >= 0.6 is 0 Å². The molecule has 0 nitrogen and oxygen atoms in total. The number of alkyl halides is 1. The van der Waals surface area contributed by atoms with Crippen LogP contribution in [0.15, 0.2) is 24.3 Å². The zero-order chi connectivity index (χ0) is 14.7. The van der Waals surface area contributed by atoms with E-state index in [4.69, 9.17) is 0 Å². The van der Waals surface area contributed by atoms with E-state index in [-0.39, 0.29) is 6.67 Å². The minimum absolute atomic E-state index is 0.217. The van der Waals surface area contributed by atoms with Gasteiger partial charge in [-0.3, -0.25) is 4.39 Å². The number of halogens is 1. The predicted octanol–water partition coefficient (Wildman–Crippen LogP) is 4.89. The monoisotopic (exact) mass is 278 g/mol. The second-order valence-corrected chi connectivity index (χ2v) is 12.6. The van der Waals surface area contributed by atoms with Crippen molar-refractivity contribution in [2.24, 2.45) is 0 Å². The average molecular weight is 278 g/mol. The molecule has 0 heterocycles. The molecule has 0 atom stereocenters. The molecular formula is C17H28AlF. The molecule has 0 aromatic heterocycles. The Morgan fingerprint density at radius 3 is 1.95 bits per heavy atom. The van der Waals surface area contributed by atoms with Crippen LogP contribution in [0.25, 0.3) is 0 Å². The molecule has 0 fully saturated rings. The highest BCUT2D eigenvalue weighted by Gasteiger charge is 2.43. The summed E-state index contributed by atoms with van der Waals surface area (Å²) in [4.78, 5) is 0. The van der Waals surface area contributed by atoms with E-state index in [9.17, 15) is 4.39 Å². The van der Waals surface area contributed by atoms with Gasteiger partial charge < -0.3 is 0 Å². The van der Waals surface area contributed by atoms with Gasteiger partial charge in [0, 0.05) is 0 Å². The molecule has 0 aliphatic heterocycles. The first-order valence-electron chi connectivity index (χ1n) is 7.31. The van der Waals surface area contributed by atoms with E-state index in [0.717, 1.165) is 6.42 Å². The minimum Gasteiger partial charge on any atom is -0.251 e. The topological polar surface area (TPSA) is 0 Å². The normalized spacial score (nSPS) is 12.6. The minimum atomic E-state index is -1.17. The van der Waals surface area contributed by atoms with Gasteiger partial charge in [-0.2, -0.15) is 0 Å². The Hall–Kier alpha value is -0.318. The summed E-state index contributed by atoms with van der Waals surface area (Å²) in [5, 5.41) is 0. The lowest BCUT2D eigenvalue weighted by Gasteiger charge is -2.37. The van der Waals surface area contributed by atoms with Crippen molar-refractivity contribution in [3.05, 3.63) is 29.8 Å². The zero-order valence-electron chi connectivity index (χ0n) is 13.4. The van der Waals surface area contributed by atoms with Gasteiger partial charge >= 0.3 is 14.1 Å². The molecule has 19 heavy (non-hydrogen) atoms. The van der Waals surface area contributed by atoms with Crippen LogP contribution in [0.3, 0.4) is 0 Å². The molecule has 106 valence electrons. The molecule has 0 N–H and O–H groups in total. The number of hydrogen-bond donors (Lipinski definition) is 0. The fourth-order valence-electron chi connectivity index (χ4n) is 3.53. The highest BCUT2D eigenvalue weighted by Crippen LogP contribution is 2.41. The van der Waals surface area contributed by atoms with Gasteiger partial charge in [-0.1, -0.05) is 79.9 Å². The largest absolute Gasteiger partial charge is 0.317 e. The standard InChI is InChI=1S/C9H10F.2C4H9.Al/c10-8-4-7-9-5-2-1-3-6-9;2*1-4(2)3;/h1-3,5H,4,7-8H2;2*1-3H3;. The van der Waals surface area contributed by atoms with Crippen molar-refractivity contribution in [3.8, 4) is 0 Å². The Kier molecular flexibility index (Phi) is 5.66. The summed E-state index contributed by atoms with van der Waals surface area (Å²) in [5.74, 6) is 0. The maximum Gasteiger partial charge on any atom is 0.317 e. The van der Waals surface area contributed by atoms with Gasteiger partial charge in [0.15, 0.2) is 0 Å². The lowest BCUT2D eigenvalue weighted by Crippen LogP contribution is -2.47. The summed E-state index contributed by atoms with van der Waals surface area (Å²) in [7, 11) is 0. The SMILES string of the molecule is C[C](C)(C)[Al]([c]1ccccc1CCCF)[C](C)(C)C. The van der Waals surface area contributed by atoms with Crippen LogP contribution in [0.4, 0.5) is 4.39 Å². The van der Waals surface area contributed by atoms with Crippen molar-refractivity contribution in [3.63, 3.8) is 0 Å². The van der Waals surface area contributed by atoms with Gasteiger partial charge in [-0.05, 0) is 12.8 Å². The van der Waals surface area contributed by atoms with Crippen molar-refractivity contribution >= 4 is 18.6 Å². The van der Waals surface area contributed by atoms with Crippen LogP contribution in [0.5, 0.6) is 0 Å². The molecular weight excluding hydrogens is 250 g/mol. The van der Waals surface area contributed by atoms with Crippen LogP contribution in [-0.2, 0) is 6.42 Å². The molecule has 0 saturated carbocycles. The summed E-state index contributed by atoms with van der Waals surface area (Å²) >= 11 is -1.17. The maximum atomic E-state index is 12.5. The summed E-state index contributed by atoms with van der Waals surface area (Å²) in [5.41, 5.74) is 1.38. The molecule has 0 bridgehead atoms. The fourth-order valence-corrected chi connectivity index (χ4v) is 8.91. The van der Waals surface area contributed by atoms with Gasteiger partial charge in [-0.15, -0.1) is 4.43 Å². The smallest absolute Gasteiger partial charge is 0.251 e. The fraction of sp³-hybridized carbons (Fsp3) is 0.647. The summed E-state index contributed by atoms with van der Waals surface area (Å²) in [6.45, 7) is 14.0. The second-order valence-electron chi connectivity index (χ2n) is 7.66. The number of hydrogen-bond acceptors (Lipinski definition) is 0. The molecule has 2 heteroatoms. The average Bonchev–Trinajstić information content (AvgIpc) is 2.24. The first-order valence-corrected chi connectivity index (χ1v) is 9.05. The summed E-state index contributed by atoms with van der Waals surface area (Å²) < 4.78 is 14.7. The third kappa shape index (κ3) is 4.62. The zero-order valence-corrected chi connectivity index (χ0v) is 14.5. The number of aryl methyl sites for hydroxylation is 1. The van der Waals surface area contributed by atoms with E-state index >= 15 is 0 Å². The second kappa shape index (κ2) is 6.42. The summed E-state index contributed by atoms with van der Waals surface area (Å²) in [6.07, 6.45) is 1.52. The van der Waals surface area contributed by atoms with Gasteiger partial charge in [-0.25, -0.2) is 0 Å². The lowest BCUT2D eigenvalue weighted by atomic mass is 10.1. The van der Waals surface area contributed by atoms with Crippen LogP contribution in [-0.4, -0.2) is 20.8 Å². The van der Waals surface area contributed by atoms with Gasteiger partial charge in [0.2, 0.25) is 0 Å². The van der Waals surface area contributed by atoms with Crippen LogP contribution in [0.2, 0.25) is 8.55 Å². The van der Waals surface area contributed by atoms with Gasteiger partial charge in [0.05, 0.1) is 6.67 Å². The van der Waals surface area contributed by atoms with Crippen molar-refractivity contribution in [1.82, 2.24) is 0 Å². The molecule has 1 rings (SSSR count). The Morgan fingerprint density at radius 1 is 0.947 bits per heavy atom. The van der Waals surface area contributed by atoms with Crippen molar-refractivity contribution < 1.29 is 4.39 Å². The van der Waals surface area contributed by atoms with E-state index in [2.05, 4.69) is 65.8 Å². The Morgan fingerprint density at radius 2 is 1.47 bits per heavy atom.